The summed E-state index contributed by atoms with van der Waals surface area (Å²) in [7, 11) is 0. The minimum Gasteiger partial charge on any atom is -0.143 e. The third-order valence-corrected chi connectivity index (χ3v) is 13.9. The van der Waals surface area contributed by atoms with Crippen LogP contribution in [0.3, 0.4) is 0 Å². The lowest BCUT2D eigenvalue weighted by Crippen LogP contribution is -1.81. The van der Waals surface area contributed by atoms with Crippen molar-refractivity contribution in [3.05, 3.63) is 168 Å². The van der Waals surface area contributed by atoms with E-state index in [1.165, 1.54) is 95.0 Å². The van der Waals surface area contributed by atoms with E-state index >= 15 is 0 Å². The van der Waals surface area contributed by atoms with Crippen LogP contribution in [0.2, 0.25) is 0 Å². The monoisotopic (exact) mass is 708 g/mol. The second kappa shape index (κ2) is 12.3. The van der Waals surface area contributed by atoms with Gasteiger partial charge in [0.2, 0.25) is 0 Å². The molecule has 236 valence electrons. The first-order valence-electron chi connectivity index (χ1n) is 16.6. The summed E-state index contributed by atoms with van der Waals surface area (Å²) >= 11 is 7.39. The van der Waals surface area contributed by atoms with E-state index in [9.17, 15) is 0 Å². The Bertz CT molecular complexity index is 2550. The number of hydrogen-bond acceptors (Lipinski definition) is 4. The molecule has 4 heteroatoms. The Balaban J connectivity index is 0.843. The molecule has 0 aliphatic carbocycles. The average molecular weight is 709 g/mol. The van der Waals surface area contributed by atoms with Crippen LogP contribution in [-0.4, -0.2) is 0 Å². The molecule has 0 atom stereocenters. The summed E-state index contributed by atoms with van der Waals surface area (Å²) in [6, 6.07) is 58.3. The highest BCUT2D eigenvalue weighted by molar-refractivity contribution is 7.31. The number of hydrogen-bond donors (Lipinski definition) is 0. The summed E-state index contributed by atoms with van der Waals surface area (Å²) in [5.74, 6) is 0. The van der Waals surface area contributed by atoms with Crippen molar-refractivity contribution >= 4 is 74.9 Å². The smallest absolute Gasteiger partial charge is 0.0463 e. The van der Waals surface area contributed by atoms with Crippen molar-refractivity contribution in [1.82, 2.24) is 0 Å². The van der Waals surface area contributed by atoms with Crippen LogP contribution in [0.4, 0.5) is 0 Å². The van der Waals surface area contributed by atoms with Crippen LogP contribution in [0, 0.1) is 0 Å². The summed E-state index contributed by atoms with van der Waals surface area (Å²) in [6.07, 6.45) is 0. The Labute approximate surface area is 306 Å². The van der Waals surface area contributed by atoms with Crippen LogP contribution in [0.25, 0.3) is 95.0 Å². The molecule has 0 spiro atoms. The van der Waals surface area contributed by atoms with E-state index in [0.717, 1.165) is 0 Å². The summed E-state index contributed by atoms with van der Waals surface area (Å²) in [5.41, 5.74) is 12.7. The third kappa shape index (κ3) is 5.33. The number of rotatable bonds is 6. The number of benzene rings is 6. The van der Waals surface area contributed by atoms with E-state index in [2.05, 4.69) is 168 Å². The molecule has 10 rings (SSSR count). The molecule has 0 unspecified atom stereocenters. The summed E-state index contributed by atoms with van der Waals surface area (Å²) in [6.45, 7) is 0. The van der Waals surface area contributed by atoms with E-state index in [-0.39, 0.29) is 0 Å². The molecular weight excluding hydrogens is 681 g/mol. The third-order valence-electron chi connectivity index (χ3n) is 9.56. The number of thiophene rings is 4. The molecule has 0 bridgehead atoms. The van der Waals surface area contributed by atoms with Crippen LogP contribution in [-0.2, 0) is 0 Å². The standard InChI is InChI=1S/C46H28S4/c1-3-37-23-25-47-45(37)39(5-1)33-15-7-29(8-16-33)31-11-19-35(20-12-31)41-27-43-44(49-41)28-42(50-43)36-21-13-32(14-22-36)30-9-17-34(18-10-30)40-6-2-4-38-24-26-48-46(38)40/h1-28H. The molecule has 0 N–H and O–H groups in total. The highest BCUT2D eigenvalue weighted by Gasteiger charge is 2.12. The Morgan fingerprint density at radius 1 is 0.300 bits per heavy atom. The first kappa shape index (κ1) is 29.8. The van der Waals surface area contributed by atoms with Crippen molar-refractivity contribution in [3.8, 4) is 65.4 Å². The van der Waals surface area contributed by atoms with Crippen LogP contribution < -0.4 is 0 Å². The Morgan fingerprint density at radius 3 is 1.02 bits per heavy atom. The zero-order chi connectivity index (χ0) is 33.0. The molecule has 6 aromatic carbocycles. The topological polar surface area (TPSA) is 0 Å². The molecule has 0 radical (unpaired) electrons. The lowest BCUT2D eigenvalue weighted by atomic mass is 9.99. The fraction of sp³-hybridized carbons (Fsp3) is 0. The molecule has 10 aromatic rings. The first-order valence-corrected chi connectivity index (χ1v) is 20.0. The SMILES string of the molecule is c1cc(-c2ccc(-c3ccc(-c4cc5sc(-c6ccc(-c7ccc(-c8cccc9ccsc89)cc7)cc6)cc5s4)cc3)cc2)c2sccc2c1. The van der Waals surface area contributed by atoms with Crippen LogP contribution >= 0.6 is 45.3 Å². The fourth-order valence-electron chi connectivity index (χ4n) is 6.90. The first-order chi connectivity index (χ1) is 24.7. The van der Waals surface area contributed by atoms with Crippen LogP contribution in [0.15, 0.2) is 168 Å². The predicted molar refractivity (Wildman–Crippen MR) is 223 cm³/mol. The van der Waals surface area contributed by atoms with E-state index in [4.69, 9.17) is 0 Å². The van der Waals surface area contributed by atoms with Gasteiger partial charge >= 0.3 is 0 Å². The fourth-order valence-corrected chi connectivity index (χ4v) is 11.2. The molecule has 0 fully saturated rings. The summed E-state index contributed by atoms with van der Waals surface area (Å²) in [4.78, 5) is 2.63. The van der Waals surface area contributed by atoms with Gasteiger partial charge < -0.3 is 0 Å². The second-order valence-corrected chi connectivity index (χ2v) is 16.5. The largest absolute Gasteiger partial charge is 0.143 e. The maximum Gasteiger partial charge on any atom is 0.0463 e. The van der Waals surface area contributed by atoms with Gasteiger partial charge in [-0.05, 0) is 101 Å². The lowest BCUT2D eigenvalue weighted by Gasteiger charge is -2.07. The normalized spacial score (nSPS) is 11.6. The highest BCUT2D eigenvalue weighted by Crippen LogP contribution is 2.43. The predicted octanol–water partition coefficient (Wildman–Crippen LogP) is 15.4. The molecule has 4 heterocycles. The van der Waals surface area contributed by atoms with E-state index in [1.54, 1.807) is 0 Å². The minimum atomic E-state index is 1.24. The lowest BCUT2D eigenvalue weighted by molar-refractivity contribution is 1.61. The Morgan fingerprint density at radius 2 is 0.640 bits per heavy atom. The van der Waals surface area contributed by atoms with Gasteiger partial charge in [-0.1, -0.05) is 133 Å². The van der Waals surface area contributed by atoms with Crippen molar-refractivity contribution in [2.24, 2.45) is 0 Å². The summed E-state index contributed by atoms with van der Waals surface area (Å²) < 4.78 is 5.40. The van der Waals surface area contributed by atoms with E-state index < -0.39 is 0 Å². The molecule has 0 amide bonds. The maximum atomic E-state index is 2.36. The van der Waals surface area contributed by atoms with Gasteiger partial charge in [-0.15, -0.1) is 45.3 Å². The van der Waals surface area contributed by atoms with Gasteiger partial charge in [0, 0.05) is 28.6 Å². The van der Waals surface area contributed by atoms with Gasteiger partial charge in [0.05, 0.1) is 0 Å². The van der Waals surface area contributed by atoms with Crippen molar-refractivity contribution in [2.45, 2.75) is 0 Å². The second-order valence-electron chi connectivity index (χ2n) is 12.5. The van der Waals surface area contributed by atoms with Crippen molar-refractivity contribution in [2.75, 3.05) is 0 Å². The van der Waals surface area contributed by atoms with Gasteiger partial charge in [0.25, 0.3) is 0 Å². The zero-order valence-electron chi connectivity index (χ0n) is 26.8. The van der Waals surface area contributed by atoms with Gasteiger partial charge in [0.1, 0.15) is 0 Å². The molecule has 4 aromatic heterocycles. The Hall–Kier alpha value is -5.10. The number of fused-ring (bicyclic) bond motifs is 3. The van der Waals surface area contributed by atoms with E-state index in [1.807, 2.05) is 45.3 Å². The Kier molecular flexibility index (Phi) is 7.35. The van der Waals surface area contributed by atoms with Gasteiger partial charge in [-0.25, -0.2) is 0 Å². The molecule has 0 saturated carbocycles. The van der Waals surface area contributed by atoms with Crippen LogP contribution in [0.1, 0.15) is 0 Å². The van der Waals surface area contributed by atoms with Crippen molar-refractivity contribution in [1.29, 1.82) is 0 Å². The molecular formula is C46H28S4. The molecule has 0 saturated heterocycles. The molecule has 0 nitrogen and oxygen atoms in total. The molecule has 0 aliphatic rings. The quantitative estimate of drug-likeness (QED) is 0.161. The van der Waals surface area contributed by atoms with E-state index in [0.29, 0.717) is 0 Å². The minimum absolute atomic E-state index is 1.24. The highest BCUT2D eigenvalue weighted by atomic mass is 32.1. The van der Waals surface area contributed by atoms with Crippen molar-refractivity contribution < 1.29 is 0 Å². The molecule has 0 aliphatic heterocycles. The van der Waals surface area contributed by atoms with Crippen LogP contribution in [0.5, 0.6) is 0 Å². The van der Waals surface area contributed by atoms with Gasteiger partial charge in [0.15, 0.2) is 0 Å². The zero-order valence-corrected chi connectivity index (χ0v) is 30.1. The van der Waals surface area contributed by atoms with Gasteiger partial charge in [-0.3, -0.25) is 0 Å². The summed E-state index contributed by atoms with van der Waals surface area (Å²) in [5, 5.41) is 6.97. The maximum absolute atomic E-state index is 2.36. The average Bonchev–Trinajstić information content (AvgIpc) is 4.00. The van der Waals surface area contributed by atoms with Gasteiger partial charge in [-0.2, -0.15) is 0 Å². The molecule has 50 heavy (non-hydrogen) atoms. The van der Waals surface area contributed by atoms with Crippen molar-refractivity contribution in [3.63, 3.8) is 0 Å².